The highest BCUT2D eigenvalue weighted by Crippen LogP contribution is 2.32. The van der Waals surface area contributed by atoms with Crippen molar-refractivity contribution >= 4 is 45.9 Å². The van der Waals surface area contributed by atoms with Crippen molar-refractivity contribution in [2.45, 2.75) is 26.2 Å². The first kappa shape index (κ1) is 24.9. The van der Waals surface area contributed by atoms with Crippen LogP contribution in [0.1, 0.15) is 36.5 Å². The van der Waals surface area contributed by atoms with Gasteiger partial charge in [-0.05, 0) is 42.1 Å². The minimum Gasteiger partial charge on any atom is -0.462 e. The molecule has 0 unspecified atom stereocenters. The van der Waals surface area contributed by atoms with Gasteiger partial charge in [-0.2, -0.15) is 0 Å². The Balaban J connectivity index is 1.28. The van der Waals surface area contributed by atoms with E-state index < -0.39 is 30.4 Å². The Morgan fingerprint density at radius 2 is 1.72 bits per heavy atom. The van der Waals surface area contributed by atoms with E-state index in [9.17, 15) is 19.2 Å². The molecule has 1 heterocycles. The van der Waals surface area contributed by atoms with E-state index >= 15 is 0 Å². The lowest BCUT2D eigenvalue weighted by molar-refractivity contribution is -0.151. The van der Waals surface area contributed by atoms with Gasteiger partial charge in [-0.1, -0.05) is 49.7 Å². The molecule has 0 radical (unpaired) electrons. The Morgan fingerprint density at radius 3 is 2.50 bits per heavy atom. The summed E-state index contributed by atoms with van der Waals surface area (Å²) in [5, 5.41) is 4.56. The Labute approximate surface area is 209 Å². The van der Waals surface area contributed by atoms with E-state index in [0.717, 1.165) is 29.3 Å². The number of nitrogens with zero attached hydrogens (tertiary/aromatic N) is 1. The number of benzene rings is 3. The molecular weight excluding hydrogens is 460 g/mol. The third-order valence-electron chi connectivity index (χ3n) is 6.00. The zero-order valence-electron chi connectivity index (χ0n) is 20.1. The van der Waals surface area contributed by atoms with Crippen molar-refractivity contribution in [1.82, 2.24) is 0 Å². The molecule has 0 aromatic heterocycles. The summed E-state index contributed by atoms with van der Waals surface area (Å²) >= 11 is 0. The highest BCUT2D eigenvalue weighted by atomic mass is 16.5. The molecule has 0 saturated carbocycles. The van der Waals surface area contributed by atoms with Gasteiger partial charge in [0, 0.05) is 24.0 Å². The van der Waals surface area contributed by atoms with Crippen molar-refractivity contribution in [3.05, 3.63) is 72.3 Å². The molecule has 3 aromatic carbocycles. The average Bonchev–Trinajstić information content (AvgIpc) is 3.28. The molecule has 8 heteroatoms. The number of rotatable bonds is 9. The minimum absolute atomic E-state index is 0.0273. The molecule has 1 N–H and O–H groups in total. The first-order valence-corrected chi connectivity index (χ1v) is 12.0. The quantitative estimate of drug-likeness (QED) is 0.355. The highest BCUT2D eigenvalue weighted by Gasteiger charge is 2.36. The van der Waals surface area contributed by atoms with Gasteiger partial charge in [0.25, 0.3) is 5.91 Å². The van der Waals surface area contributed by atoms with Crippen molar-refractivity contribution < 1.29 is 28.7 Å². The van der Waals surface area contributed by atoms with Gasteiger partial charge in [0.15, 0.2) is 6.61 Å². The van der Waals surface area contributed by atoms with Crippen LogP contribution in [0, 0.1) is 5.92 Å². The summed E-state index contributed by atoms with van der Waals surface area (Å²) in [6.45, 7) is 2.10. The Bertz CT molecular complexity index is 1270. The number of carbonyl (C=O) groups excluding carboxylic acids is 4. The predicted octanol–water partition coefficient (Wildman–Crippen LogP) is 4.33. The number of hydrogen-bond acceptors (Lipinski definition) is 6. The lowest BCUT2D eigenvalue weighted by Crippen LogP contribution is -2.28. The summed E-state index contributed by atoms with van der Waals surface area (Å²) < 4.78 is 10.3. The fourth-order valence-corrected chi connectivity index (χ4v) is 4.08. The molecule has 0 spiro atoms. The maximum Gasteiger partial charge on any atom is 0.338 e. The largest absolute Gasteiger partial charge is 0.462 e. The van der Waals surface area contributed by atoms with E-state index in [1.807, 2.05) is 49.4 Å². The predicted molar refractivity (Wildman–Crippen MR) is 136 cm³/mol. The molecule has 1 aliphatic heterocycles. The van der Waals surface area contributed by atoms with Crippen LogP contribution in [0.5, 0.6) is 0 Å². The van der Waals surface area contributed by atoms with Crippen LogP contribution in [0.2, 0.25) is 0 Å². The van der Waals surface area contributed by atoms with Gasteiger partial charge >= 0.3 is 11.9 Å². The third-order valence-corrected chi connectivity index (χ3v) is 6.00. The summed E-state index contributed by atoms with van der Waals surface area (Å²) in [6.07, 6.45) is 1.76. The maximum atomic E-state index is 12.7. The lowest BCUT2D eigenvalue weighted by Gasteiger charge is -2.18. The monoisotopic (exact) mass is 488 g/mol. The number of esters is 2. The Hall–Kier alpha value is -4.20. The molecule has 1 aliphatic rings. The Morgan fingerprint density at radius 1 is 0.972 bits per heavy atom. The molecule has 0 bridgehead atoms. The van der Waals surface area contributed by atoms with Crippen LogP contribution in [0.25, 0.3) is 10.8 Å². The van der Waals surface area contributed by atoms with Crippen molar-refractivity contribution in [2.24, 2.45) is 5.92 Å². The minimum atomic E-state index is -0.651. The van der Waals surface area contributed by atoms with Gasteiger partial charge in [0.2, 0.25) is 5.91 Å². The van der Waals surface area contributed by atoms with E-state index in [2.05, 4.69) is 5.32 Å². The van der Waals surface area contributed by atoms with Gasteiger partial charge in [-0.25, -0.2) is 4.79 Å². The molecule has 4 rings (SSSR count). The third kappa shape index (κ3) is 5.89. The SMILES string of the molecule is CCCCOC(=O)c1ccc(NC(=O)COC(=O)[C@H]2CC(=O)N(c3cccc4ccccc34)C2)cc1. The number of anilines is 2. The molecule has 1 saturated heterocycles. The molecule has 8 nitrogen and oxygen atoms in total. The van der Waals surface area contributed by atoms with Crippen molar-refractivity contribution in [1.29, 1.82) is 0 Å². The zero-order valence-corrected chi connectivity index (χ0v) is 20.1. The van der Waals surface area contributed by atoms with Crippen LogP contribution in [-0.2, 0) is 23.9 Å². The van der Waals surface area contributed by atoms with E-state index in [1.54, 1.807) is 29.2 Å². The zero-order chi connectivity index (χ0) is 25.5. The summed E-state index contributed by atoms with van der Waals surface area (Å²) in [6, 6.07) is 19.7. The van der Waals surface area contributed by atoms with Crippen molar-refractivity contribution in [3.8, 4) is 0 Å². The summed E-state index contributed by atoms with van der Waals surface area (Å²) in [5.74, 6) is -2.34. The van der Waals surface area contributed by atoms with E-state index in [-0.39, 0.29) is 18.9 Å². The number of nitrogens with one attached hydrogen (secondary N) is 1. The summed E-state index contributed by atoms with van der Waals surface area (Å²) in [7, 11) is 0. The van der Waals surface area contributed by atoms with Gasteiger partial charge in [-0.3, -0.25) is 14.4 Å². The van der Waals surface area contributed by atoms with Crippen LogP contribution < -0.4 is 10.2 Å². The molecule has 0 aliphatic carbocycles. The number of fused-ring (bicyclic) bond motifs is 1. The van der Waals surface area contributed by atoms with Crippen molar-refractivity contribution in [2.75, 3.05) is 30.0 Å². The molecule has 3 aromatic rings. The average molecular weight is 489 g/mol. The molecule has 2 amide bonds. The molecule has 1 fully saturated rings. The second kappa shape index (κ2) is 11.5. The number of amides is 2. The Kier molecular flexibility index (Phi) is 7.95. The second-order valence-corrected chi connectivity index (χ2v) is 8.63. The fourth-order valence-electron chi connectivity index (χ4n) is 4.08. The molecule has 1 atom stereocenters. The van der Waals surface area contributed by atoms with E-state index in [0.29, 0.717) is 17.9 Å². The highest BCUT2D eigenvalue weighted by molar-refractivity contribution is 6.06. The smallest absolute Gasteiger partial charge is 0.338 e. The van der Waals surface area contributed by atoms with Gasteiger partial charge in [-0.15, -0.1) is 0 Å². The van der Waals surface area contributed by atoms with Gasteiger partial charge < -0.3 is 19.7 Å². The van der Waals surface area contributed by atoms with Crippen LogP contribution in [0.15, 0.2) is 66.7 Å². The first-order valence-electron chi connectivity index (χ1n) is 12.0. The number of hydrogen-bond donors (Lipinski definition) is 1. The second-order valence-electron chi connectivity index (χ2n) is 8.63. The number of ether oxygens (including phenoxy) is 2. The number of carbonyl (C=O) groups is 4. The maximum absolute atomic E-state index is 12.7. The summed E-state index contributed by atoms with van der Waals surface area (Å²) in [5.41, 5.74) is 1.60. The fraction of sp³-hybridized carbons (Fsp3) is 0.286. The molecule has 36 heavy (non-hydrogen) atoms. The van der Waals surface area contributed by atoms with Crippen molar-refractivity contribution in [3.63, 3.8) is 0 Å². The molecular formula is C28H28N2O6. The standard InChI is InChI=1S/C28H28N2O6/c1-2-3-15-35-27(33)20-11-13-22(14-12-20)29-25(31)18-36-28(34)21-16-26(32)30(17-21)24-10-6-8-19-7-4-5-9-23(19)24/h4-14,21H,2-3,15-18H2,1H3,(H,29,31)/t21-/m0/s1. The lowest BCUT2D eigenvalue weighted by atomic mass is 10.1. The number of unbranched alkanes of at least 4 members (excludes halogenated alkanes) is 1. The van der Waals surface area contributed by atoms with Crippen LogP contribution >= 0.6 is 0 Å². The van der Waals surface area contributed by atoms with E-state index in [4.69, 9.17) is 9.47 Å². The topological polar surface area (TPSA) is 102 Å². The molecule has 186 valence electrons. The van der Waals surface area contributed by atoms with Gasteiger partial charge in [0.1, 0.15) is 0 Å². The first-order chi connectivity index (χ1) is 17.5. The van der Waals surface area contributed by atoms with E-state index in [1.165, 1.54) is 0 Å². The van der Waals surface area contributed by atoms with Crippen LogP contribution in [0.3, 0.4) is 0 Å². The van der Waals surface area contributed by atoms with Crippen LogP contribution in [0.4, 0.5) is 11.4 Å². The normalized spacial score (nSPS) is 15.1. The van der Waals surface area contributed by atoms with Crippen LogP contribution in [-0.4, -0.2) is 43.5 Å². The van der Waals surface area contributed by atoms with Gasteiger partial charge in [0.05, 0.1) is 23.8 Å². The summed E-state index contributed by atoms with van der Waals surface area (Å²) in [4.78, 5) is 51.1.